The van der Waals surface area contributed by atoms with Crippen LogP contribution in [0.3, 0.4) is 0 Å². The molecule has 0 radical (unpaired) electrons. The third kappa shape index (κ3) is 5.78. The van der Waals surface area contributed by atoms with Crippen LogP contribution < -0.4 is 10.6 Å². The summed E-state index contributed by atoms with van der Waals surface area (Å²) >= 11 is 15.6. The van der Waals surface area contributed by atoms with Crippen molar-refractivity contribution in [1.82, 2.24) is 5.32 Å². The SMILES string of the molecule is CC1(C)[C@@H](C(=O)NC(Cc2ccc(NC(=O)c3c(Cl)cccc3Cl)c(Br)c2)C(=O)O)CC[C@@]1(C)C(=O)O. The lowest BCUT2D eigenvalue weighted by molar-refractivity contribution is -0.155. The van der Waals surface area contributed by atoms with Crippen molar-refractivity contribution < 1.29 is 29.4 Å². The van der Waals surface area contributed by atoms with Gasteiger partial charge in [0.05, 0.1) is 26.7 Å². The van der Waals surface area contributed by atoms with E-state index in [4.69, 9.17) is 23.2 Å². The fourth-order valence-corrected chi connectivity index (χ4v) is 5.83. The molecule has 37 heavy (non-hydrogen) atoms. The topological polar surface area (TPSA) is 133 Å². The Hall–Kier alpha value is -2.62. The quantitative estimate of drug-likeness (QED) is 0.304. The van der Waals surface area contributed by atoms with Gasteiger partial charge in [-0.1, -0.05) is 49.2 Å². The second-order valence-corrected chi connectivity index (χ2v) is 11.6. The monoisotopic (exact) mass is 612 g/mol. The maximum absolute atomic E-state index is 13.1. The molecular formula is C26H27BrCl2N2O6. The molecule has 1 saturated carbocycles. The van der Waals surface area contributed by atoms with Crippen LogP contribution in [0.5, 0.6) is 0 Å². The molecular weight excluding hydrogens is 587 g/mol. The maximum Gasteiger partial charge on any atom is 0.326 e. The highest BCUT2D eigenvalue weighted by Crippen LogP contribution is 2.56. The molecule has 2 aromatic carbocycles. The molecule has 0 heterocycles. The van der Waals surface area contributed by atoms with Crippen LogP contribution in [0.4, 0.5) is 5.69 Å². The number of carbonyl (C=O) groups excluding carboxylic acids is 2. The first-order chi connectivity index (χ1) is 17.2. The van der Waals surface area contributed by atoms with Crippen LogP contribution in [0, 0.1) is 16.7 Å². The number of hydrogen-bond acceptors (Lipinski definition) is 4. The van der Waals surface area contributed by atoms with Crippen molar-refractivity contribution in [2.75, 3.05) is 5.32 Å². The minimum atomic E-state index is -1.23. The first-order valence-electron chi connectivity index (χ1n) is 11.5. The van der Waals surface area contributed by atoms with Crippen LogP contribution in [0.2, 0.25) is 10.0 Å². The van der Waals surface area contributed by atoms with Gasteiger partial charge < -0.3 is 20.8 Å². The van der Waals surface area contributed by atoms with E-state index in [1.54, 1.807) is 57.2 Å². The summed E-state index contributed by atoms with van der Waals surface area (Å²) in [5.74, 6) is -3.82. The Kier molecular flexibility index (Phi) is 8.61. The molecule has 1 unspecified atom stereocenters. The molecule has 0 saturated heterocycles. The number of nitrogens with one attached hydrogen (secondary N) is 2. The van der Waals surface area contributed by atoms with Crippen molar-refractivity contribution >= 4 is 68.6 Å². The van der Waals surface area contributed by atoms with Crippen LogP contribution in [0.15, 0.2) is 40.9 Å². The molecule has 11 heteroatoms. The predicted octanol–water partition coefficient (Wildman–Crippen LogP) is 5.65. The smallest absolute Gasteiger partial charge is 0.326 e. The van der Waals surface area contributed by atoms with Crippen LogP contribution in [0.25, 0.3) is 0 Å². The van der Waals surface area contributed by atoms with E-state index in [1.165, 1.54) is 0 Å². The maximum atomic E-state index is 13.1. The van der Waals surface area contributed by atoms with Crippen LogP contribution in [0.1, 0.15) is 49.5 Å². The number of benzene rings is 2. The Labute approximate surface area is 232 Å². The van der Waals surface area contributed by atoms with E-state index >= 15 is 0 Å². The summed E-state index contributed by atoms with van der Waals surface area (Å²) in [6.45, 7) is 5.08. The zero-order valence-electron chi connectivity index (χ0n) is 20.4. The predicted molar refractivity (Wildman–Crippen MR) is 144 cm³/mol. The molecule has 3 atom stereocenters. The molecule has 2 amide bonds. The number of halogens is 3. The molecule has 0 aliphatic heterocycles. The third-order valence-electron chi connectivity index (χ3n) is 7.54. The van der Waals surface area contributed by atoms with Gasteiger partial charge in [-0.3, -0.25) is 14.4 Å². The van der Waals surface area contributed by atoms with Crippen molar-refractivity contribution in [3.05, 3.63) is 62.0 Å². The minimum Gasteiger partial charge on any atom is -0.481 e. The number of carboxylic acids is 2. The summed E-state index contributed by atoms with van der Waals surface area (Å²) in [6.07, 6.45) is 0.654. The zero-order valence-corrected chi connectivity index (χ0v) is 23.5. The summed E-state index contributed by atoms with van der Waals surface area (Å²) in [5, 5.41) is 25.2. The van der Waals surface area contributed by atoms with Gasteiger partial charge in [-0.15, -0.1) is 0 Å². The van der Waals surface area contributed by atoms with Crippen molar-refractivity contribution in [1.29, 1.82) is 0 Å². The Balaban J connectivity index is 1.73. The Bertz CT molecular complexity index is 1250. The van der Waals surface area contributed by atoms with Crippen LogP contribution >= 0.6 is 39.1 Å². The molecule has 0 bridgehead atoms. The highest BCUT2D eigenvalue weighted by Gasteiger charge is 2.58. The van der Waals surface area contributed by atoms with E-state index in [0.29, 0.717) is 28.6 Å². The third-order valence-corrected chi connectivity index (χ3v) is 8.83. The standard InChI is InChI=1S/C26H27BrCl2N2O6/c1-25(2)14(9-10-26(25,3)24(36)37)21(32)31-19(23(34)35)12-13-7-8-18(15(27)11-13)30-22(33)20-16(28)5-4-6-17(20)29/h4-8,11,14,19H,9-10,12H2,1-3H3,(H,30,33)(H,31,32)(H,34,35)(H,36,37)/t14-,19?,26+/m1/s1. The number of hydrogen-bond donors (Lipinski definition) is 4. The molecule has 1 aliphatic rings. The number of anilines is 1. The molecule has 8 nitrogen and oxygen atoms in total. The van der Waals surface area contributed by atoms with Gasteiger partial charge in [-0.25, -0.2) is 4.79 Å². The van der Waals surface area contributed by atoms with E-state index in [0.717, 1.165) is 0 Å². The second kappa shape index (κ2) is 11.0. The fourth-order valence-electron chi connectivity index (χ4n) is 4.74. The molecule has 1 aliphatic carbocycles. The minimum absolute atomic E-state index is 0.0202. The summed E-state index contributed by atoms with van der Waals surface area (Å²) in [5.41, 5.74) is -0.813. The molecule has 4 N–H and O–H groups in total. The van der Waals surface area contributed by atoms with Gasteiger partial charge in [0.2, 0.25) is 5.91 Å². The molecule has 0 spiro atoms. The average Bonchev–Trinajstić information content (AvgIpc) is 3.04. The van der Waals surface area contributed by atoms with E-state index in [1.807, 2.05) is 0 Å². The Morgan fingerprint density at radius 1 is 1.08 bits per heavy atom. The largest absolute Gasteiger partial charge is 0.481 e. The zero-order chi connectivity index (χ0) is 27.7. The van der Waals surface area contributed by atoms with Gasteiger partial charge in [-0.05, 0) is 70.9 Å². The summed E-state index contributed by atoms with van der Waals surface area (Å²) in [4.78, 5) is 49.6. The lowest BCUT2D eigenvalue weighted by Gasteiger charge is -2.38. The van der Waals surface area contributed by atoms with Crippen LogP contribution in [-0.4, -0.2) is 40.0 Å². The second-order valence-electron chi connectivity index (χ2n) is 9.92. The van der Waals surface area contributed by atoms with Gasteiger partial charge in [0, 0.05) is 16.8 Å². The lowest BCUT2D eigenvalue weighted by Crippen LogP contribution is -2.49. The molecule has 0 aromatic heterocycles. The Morgan fingerprint density at radius 2 is 1.70 bits per heavy atom. The van der Waals surface area contributed by atoms with E-state index in [2.05, 4.69) is 26.6 Å². The lowest BCUT2D eigenvalue weighted by atomic mass is 9.65. The summed E-state index contributed by atoms with van der Waals surface area (Å²) in [7, 11) is 0. The summed E-state index contributed by atoms with van der Waals surface area (Å²) < 4.78 is 0.492. The van der Waals surface area contributed by atoms with Gasteiger partial charge in [0.1, 0.15) is 6.04 Å². The highest BCUT2D eigenvalue weighted by atomic mass is 79.9. The molecule has 1 fully saturated rings. The van der Waals surface area contributed by atoms with Crippen LogP contribution in [-0.2, 0) is 20.8 Å². The number of rotatable bonds is 8. The summed E-state index contributed by atoms with van der Waals surface area (Å²) in [6, 6.07) is 8.38. The average molecular weight is 614 g/mol. The van der Waals surface area contributed by atoms with E-state index < -0.39 is 46.5 Å². The molecule has 2 aromatic rings. The van der Waals surface area contributed by atoms with Crippen molar-refractivity contribution in [2.24, 2.45) is 16.7 Å². The van der Waals surface area contributed by atoms with E-state index in [-0.39, 0.29) is 22.0 Å². The van der Waals surface area contributed by atoms with Crippen molar-refractivity contribution in [3.8, 4) is 0 Å². The van der Waals surface area contributed by atoms with Crippen molar-refractivity contribution in [2.45, 2.75) is 46.1 Å². The first-order valence-corrected chi connectivity index (χ1v) is 13.0. The molecule has 3 rings (SSSR count). The number of carbonyl (C=O) groups is 4. The van der Waals surface area contributed by atoms with Gasteiger partial charge in [0.25, 0.3) is 5.91 Å². The number of amides is 2. The highest BCUT2D eigenvalue weighted by molar-refractivity contribution is 9.10. The number of carboxylic acid groups (broad SMARTS) is 2. The normalized spacial score (nSPS) is 21.2. The molecule has 198 valence electrons. The van der Waals surface area contributed by atoms with Gasteiger partial charge in [-0.2, -0.15) is 0 Å². The number of aliphatic carboxylic acids is 2. The fraction of sp³-hybridized carbons (Fsp3) is 0.385. The Morgan fingerprint density at radius 3 is 2.22 bits per heavy atom. The van der Waals surface area contributed by atoms with Crippen molar-refractivity contribution in [3.63, 3.8) is 0 Å². The first kappa shape index (κ1) is 28.9. The van der Waals surface area contributed by atoms with Gasteiger partial charge >= 0.3 is 11.9 Å². The van der Waals surface area contributed by atoms with Gasteiger partial charge in [0.15, 0.2) is 0 Å². The van der Waals surface area contributed by atoms with E-state index in [9.17, 15) is 29.4 Å².